The van der Waals surface area contributed by atoms with Gasteiger partial charge in [0, 0.05) is 12.8 Å². The van der Waals surface area contributed by atoms with E-state index in [0.29, 0.717) is 6.42 Å². The van der Waals surface area contributed by atoms with Gasteiger partial charge in [-0.3, -0.25) is 18.6 Å². The molecular weight excluding hydrogens is 493 g/mol. The highest BCUT2D eigenvalue weighted by atomic mass is 31.2. The Labute approximate surface area is 214 Å². The fourth-order valence-corrected chi connectivity index (χ4v) is 4.05. The van der Waals surface area contributed by atoms with Crippen molar-refractivity contribution in [1.82, 2.24) is 5.32 Å². The number of carbonyl (C=O) groups excluding carboxylic acids is 2. The first-order chi connectivity index (χ1) is 17.1. The fraction of sp³-hybridized carbons (Fsp3) is 0.875. The van der Waals surface area contributed by atoms with Gasteiger partial charge in [-0.2, -0.15) is 0 Å². The lowest BCUT2D eigenvalue weighted by molar-refractivity contribution is -0.147. The average molecular weight is 540 g/mol. The van der Waals surface area contributed by atoms with Gasteiger partial charge in [-0.1, -0.05) is 84.5 Å². The van der Waals surface area contributed by atoms with E-state index in [2.05, 4.69) is 21.3 Å². The van der Waals surface area contributed by atoms with Crippen LogP contribution in [-0.4, -0.2) is 64.9 Å². The largest absolute Gasteiger partial charge is 0.480 e. The Kier molecular flexibility index (Phi) is 20.6. The summed E-state index contributed by atoms with van der Waals surface area (Å²) in [6.45, 7) is 1.84. The number of phosphoric ester groups is 1. The van der Waals surface area contributed by atoms with Crippen molar-refractivity contribution in [3.8, 4) is 0 Å². The number of carboxylic acid groups (broad SMARTS) is 1. The Balaban J connectivity index is 3.85. The van der Waals surface area contributed by atoms with E-state index in [1.54, 1.807) is 0 Å². The van der Waals surface area contributed by atoms with Gasteiger partial charge >= 0.3 is 19.8 Å². The minimum Gasteiger partial charge on any atom is -0.480 e. The van der Waals surface area contributed by atoms with Gasteiger partial charge in [0.15, 0.2) is 6.04 Å². The van der Waals surface area contributed by atoms with Crippen LogP contribution >= 0.6 is 7.82 Å². The zero-order valence-corrected chi connectivity index (χ0v) is 22.7. The molecule has 0 aromatic heterocycles. The van der Waals surface area contributed by atoms with Crippen LogP contribution in [-0.2, 0) is 32.7 Å². The van der Waals surface area contributed by atoms with Crippen LogP contribution in [0.5, 0.6) is 0 Å². The lowest BCUT2D eigenvalue weighted by Crippen LogP contribution is -2.43. The van der Waals surface area contributed by atoms with E-state index in [-0.39, 0.29) is 12.8 Å². The lowest BCUT2D eigenvalue weighted by Gasteiger charge is -2.18. The molecule has 0 aliphatic carbocycles. The maximum absolute atomic E-state index is 11.9. The first-order valence-corrected chi connectivity index (χ1v) is 14.6. The van der Waals surface area contributed by atoms with Crippen molar-refractivity contribution in [3.05, 3.63) is 0 Å². The maximum Gasteiger partial charge on any atom is 0.472 e. The Bertz CT molecular complexity index is 661. The van der Waals surface area contributed by atoms with E-state index >= 15 is 0 Å². The van der Waals surface area contributed by atoms with E-state index in [1.165, 1.54) is 58.3 Å². The third-order valence-electron chi connectivity index (χ3n) is 5.46. The van der Waals surface area contributed by atoms with Gasteiger partial charge in [-0.05, 0) is 6.42 Å². The Hall–Kier alpha value is -1.52. The van der Waals surface area contributed by atoms with Crippen molar-refractivity contribution in [2.75, 3.05) is 19.8 Å². The first kappa shape index (κ1) is 34.5. The molecule has 1 amide bonds. The molecule has 0 aliphatic rings. The number of esters is 1. The van der Waals surface area contributed by atoms with Gasteiger partial charge in [0.2, 0.25) is 5.91 Å². The van der Waals surface area contributed by atoms with Gasteiger partial charge in [-0.15, -0.1) is 0 Å². The summed E-state index contributed by atoms with van der Waals surface area (Å²) < 4.78 is 26.0. The molecule has 0 heterocycles. The fourth-order valence-electron chi connectivity index (χ4n) is 3.28. The van der Waals surface area contributed by atoms with Crippen molar-refractivity contribution < 1.29 is 47.8 Å². The molecule has 0 rings (SSSR count). The van der Waals surface area contributed by atoms with Crippen LogP contribution in [0.3, 0.4) is 0 Å². The number of aliphatic hydroxyl groups excluding tert-OH is 1. The normalized spacial score (nSPS) is 14.6. The van der Waals surface area contributed by atoms with Crippen LogP contribution in [0.2, 0.25) is 0 Å². The summed E-state index contributed by atoms with van der Waals surface area (Å²) >= 11 is 0. The highest BCUT2D eigenvalue weighted by molar-refractivity contribution is 7.47. The minimum atomic E-state index is -4.70. The van der Waals surface area contributed by atoms with Crippen molar-refractivity contribution in [3.63, 3.8) is 0 Å². The van der Waals surface area contributed by atoms with Crippen molar-refractivity contribution >= 4 is 25.7 Å². The topological polar surface area (TPSA) is 169 Å². The van der Waals surface area contributed by atoms with Crippen LogP contribution in [0.25, 0.3) is 0 Å². The first-order valence-electron chi connectivity index (χ1n) is 13.1. The third kappa shape index (κ3) is 20.7. The zero-order valence-electron chi connectivity index (χ0n) is 21.8. The molecule has 0 radical (unpaired) electrons. The predicted molar refractivity (Wildman–Crippen MR) is 134 cm³/mol. The summed E-state index contributed by atoms with van der Waals surface area (Å²) in [5, 5.41) is 21.0. The summed E-state index contributed by atoms with van der Waals surface area (Å²) in [5.74, 6) is -2.49. The minimum absolute atomic E-state index is 0.0291. The summed E-state index contributed by atoms with van der Waals surface area (Å²) in [6, 6.07) is -1.53. The van der Waals surface area contributed by atoms with E-state index < -0.39 is 57.6 Å². The highest BCUT2D eigenvalue weighted by Crippen LogP contribution is 2.43. The van der Waals surface area contributed by atoms with Crippen LogP contribution in [0.15, 0.2) is 0 Å². The number of hydrogen-bond donors (Lipinski definition) is 4. The number of unbranched alkanes of at least 4 members (excludes halogenated alkanes) is 11. The molecule has 12 heteroatoms. The zero-order chi connectivity index (χ0) is 27.2. The molecule has 212 valence electrons. The molecule has 4 N–H and O–H groups in total. The summed E-state index contributed by atoms with van der Waals surface area (Å²) in [5.41, 5.74) is 0. The van der Waals surface area contributed by atoms with Crippen LogP contribution in [0.1, 0.15) is 104 Å². The summed E-state index contributed by atoms with van der Waals surface area (Å²) in [6.07, 6.45) is 13.1. The SMILES string of the molecule is CCCCCCCCCCCCCCC(=O)OCC(O)COP(=O)(O)OCC(NC(=O)CC)C(=O)O. The molecule has 0 saturated carbocycles. The van der Waals surface area contributed by atoms with Gasteiger partial charge < -0.3 is 25.2 Å². The van der Waals surface area contributed by atoms with Gasteiger partial charge in [-0.25, -0.2) is 9.36 Å². The molecule has 36 heavy (non-hydrogen) atoms. The van der Waals surface area contributed by atoms with Gasteiger partial charge in [0.05, 0.1) is 13.2 Å². The number of nitrogens with one attached hydrogen (secondary N) is 1. The second-order valence-electron chi connectivity index (χ2n) is 8.85. The molecular formula is C24H46NO10P. The number of hydrogen-bond acceptors (Lipinski definition) is 8. The lowest BCUT2D eigenvalue weighted by atomic mass is 10.0. The monoisotopic (exact) mass is 539 g/mol. The molecule has 0 fully saturated rings. The van der Waals surface area contributed by atoms with Crippen LogP contribution in [0, 0.1) is 0 Å². The number of aliphatic hydroxyl groups is 1. The average Bonchev–Trinajstić information content (AvgIpc) is 2.84. The Morgan fingerprint density at radius 2 is 1.31 bits per heavy atom. The molecule has 0 spiro atoms. The van der Waals surface area contributed by atoms with E-state index in [9.17, 15) is 28.9 Å². The van der Waals surface area contributed by atoms with Crippen LogP contribution < -0.4 is 5.32 Å². The van der Waals surface area contributed by atoms with Crippen molar-refractivity contribution in [1.29, 1.82) is 0 Å². The second kappa shape index (κ2) is 21.6. The Morgan fingerprint density at radius 3 is 1.81 bits per heavy atom. The molecule has 0 saturated heterocycles. The molecule has 0 bridgehead atoms. The number of carboxylic acids is 1. The molecule has 11 nitrogen and oxygen atoms in total. The third-order valence-corrected chi connectivity index (χ3v) is 6.41. The van der Waals surface area contributed by atoms with E-state index in [0.717, 1.165) is 19.3 Å². The second-order valence-corrected chi connectivity index (χ2v) is 10.3. The molecule has 0 aliphatic heterocycles. The van der Waals surface area contributed by atoms with Gasteiger partial charge in [0.25, 0.3) is 0 Å². The van der Waals surface area contributed by atoms with E-state index in [4.69, 9.17) is 9.84 Å². The Morgan fingerprint density at radius 1 is 0.806 bits per heavy atom. The predicted octanol–water partition coefficient (Wildman–Crippen LogP) is 4.09. The molecule has 3 unspecified atom stereocenters. The number of phosphoric acid groups is 1. The maximum atomic E-state index is 11.9. The molecule has 0 aromatic rings. The smallest absolute Gasteiger partial charge is 0.472 e. The van der Waals surface area contributed by atoms with E-state index in [1.807, 2.05) is 0 Å². The van der Waals surface area contributed by atoms with Crippen molar-refractivity contribution in [2.24, 2.45) is 0 Å². The molecule has 3 atom stereocenters. The summed E-state index contributed by atoms with van der Waals surface area (Å²) in [7, 11) is -4.70. The van der Waals surface area contributed by atoms with Gasteiger partial charge in [0.1, 0.15) is 12.7 Å². The van der Waals surface area contributed by atoms with Crippen molar-refractivity contribution in [2.45, 2.75) is 116 Å². The standard InChI is InChI=1S/C24H46NO10P/c1-3-5-6-7-8-9-10-11-12-13-14-15-16-23(28)33-17-20(26)18-34-36(31,32)35-19-21(24(29)30)25-22(27)4-2/h20-21,26H,3-19H2,1-2H3,(H,25,27)(H,29,30)(H,31,32). The number of aliphatic carboxylic acids is 1. The highest BCUT2D eigenvalue weighted by Gasteiger charge is 2.28. The number of ether oxygens (including phenoxy) is 1. The molecule has 0 aromatic carbocycles. The van der Waals surface area contributed by atoms with Crippen LogP contribution in [0.4, 0.5) is 0 Å². The number of amides is 1. The quantitative estimate of drug-likeness (QED) is 0.0796. The number of carbonyl (C=O) groups is 3. The summed E-state index contributed by atoms with van der Waals surface area (Å²) in [4.78, 5) is 43.8. The number of rotatable bonds is 24.